The zero-order valence-corrected chi connectivity index (χ0v) is 9.76. The first-order chi connectivity index (χ1) is 8.13. The lowest BCUT2D eigenvalue weighted by molar-refractivity contribution is -0.152. The van der Waals surface area contributed by atoms with E-state index in [0.29, 0.717) is 6.42 Å². The Morgan fingerprint density at radius 2 is 1.94 bits per heavy atom. The molecule has 0 aromatic heterocycles. The molecule has 0 radical (unpaired) electrons. The third-order valence-electron chi connectivity index (χ3n) is 2.50. The molecule has 0 amide bonds. The van der Waals surface area contributed by atoms with E-state index in [1.807, 2.05) is 30.3 Å². The topological polar surface area (TPSA) is 63.6 Å². The molecule has 4 heteroatoms. The highest BCUT2D eigenvalue weighted by Crippen LogP contribution is 2.10. The van der Waals surface area contributed by atoms with Crippen molar-refractivity contribution in [3.05, 3.63) is 35.9 Å². The Morgan fingerprint density at radius 3 is 2.47 bits per heavy atom. The summed E-state index contributed by atoms with van der Waals surface area (Å²) in [5, 5.41) is 8.80. The van der Waals surface area contributed by atoms with Gasteiger partial charge in [0.2, 0.25) is 0 Å². The minimum atomic E-state index is -0.954. The normalized spacial score (nSPS) is 11.8. The van der Waals surface area contributed by atoms with Gasteiger partial charge in [0.1, 0.15) is 6.61 Å². The largest absolute Gasteiger partial charge is 0.481 e. The molecule has 0 bridgehead atoms. The van der Waals surface area contributed by atoms with Crippen molar-refractivity contribution in [3.8, 4) is 0 Å². The van der Waals surface area contributed by atoms with Gasteiger partial charge in [0.25, 0.3) is 0 Å². The van der Waals surface area contributed by atoms with Gasteiger partial charge in [-0.15, -0.1) is 0 Å². The van der Waals surface area contributed by atoms with Crippen LogP contribution in [0.1, 0.15) is 25.3 Å². The van der Waals surface area contributed by atoms with Crippen LogP contribution in [0.25, 0.3) is 0 Å². The van der Waals surface area contributed by atoms with Crippen LogP contribution < -0.4 is 0 Å². The van der Waals surface area contributed by atoms with Gasteiger partial charge >= 0.3 is 11.9 Å². The van der Waals surface area contributed by atoms with Crippen LogP contribution in [0.3, 0.4) is 0 Å². The Labute approximate surface area is 100 Å². The number of hydrogen-bond donors (Lipinski definition) is 1. The van der Waals surface area contributed by atoms with Gasteiger partial charge in [0.15, 0.2) is 0 Å². The van der Waals surface area contributed by atoms with Gasteiger partial charge in [-0.2, -0.15) is 0 Å². The fourth-order valence-corrected chi connectivity index (χ4v) is 1.40. The predicted octanol–water partition coefficient (Wildman–Crippen LogP) is 2.23. The zero-order chi connectivity index (χ0) is 12.7. The second-order valence-electron chi connectivity index (χ2n) is 3.79. The summed E-state index contributed by atoms with van der Waals surface area (Å²) >= 11 is 0. The first-order valence-corrected chi connectivity index (χ1v) is 5.55. The third-order valence-corrected chi connectivity index (χ3v) is 2.50. The van der Waals surface area contributed by atoms with E-state index in [9.17, 15) is 9.59 Å². The molecule has 1 aromatic rings. The Bertz CT molecular complexity index is 372. The smallest absolute Gasteiger partial charge is 0.307 e. The third kappa shape index (κ3) is 4.68. The molecular formula is C13H16O4. The van der Waals surface area contributed by atoms with Gasteiger partial charge in [0.05, 0.1) is 12.3 Å². The number of hydrogen-bond acceptors (Lipinski definition) is 3. The van der Waals surface area contributed by atoms with Crippen molar-refractivity contribution in [3.63, 3.8) is 0 Å². The molecule has 4 nitrogen and oxygen atoms in total. The number of ether oxygens (including phenoxy) is 1. The van der Waals surface area contributed by atoms with Gasteiger partial charge in [-0.05, 0) is 12.0 Å². The number of benzene rings is 1. The molecule has 0 aliphatic heterocycles. The van der Waals surface area contributed by atoms with E-state index in [-0.39, 0.29) is 13.0 Å². The molecule has 0 aliphatic rings. The molecule has 1 rings (SSSR count). The van der Waals surface area contributed by atoms with Crippen LogP contribution in [0, 0.1) is 5.92 Å². The van der Waals surface area contributed by atoms with E-state index in [1.54, 1.807) is 6.92 Å². The average Bonchev–Trinajstić information content (AvgIpc) is 2.34. The fraction of sp³-hybridized carbons (Fsp3) is 0.385. The first kappa shape index (κ1) is 13.2. The van der Waals surface area contributed by atoms with Crippen LogP contribution in [-0.4, -0.2) is 17.0 Å². The Morgan fingerprint density at radius 1 is 1.29 bits per heavy atom. The van der Waals surface area contributed by atoms with E-state index < -0.39 is 17.9 Å². The molecule has 0 spiro atoms. The van der Waals surface area contributed by atoms with E-state index in [4.69, 9.17) is 9.84 Å². The molecule has 92 valence electrons. The SMILES string of the molecule is CC[C@@H](CC(=O)OCc1ccccc1)C(=O)O. The second kappa shape index (κ2) is 6.68. The summed E-state index contributed by atoms with van der Waals surface area (Å²) in [5.74, 6) is -2.08. The van der Waals surface area contributed by atoms with Crippen molar-refractivity contribution in [1.82, 2.24) is 0 Å². The van der Waals surface area contributed by atoms with Crippen LogP contribution in [-0.2, 0) is 20.9 Å². The molecule has 1 N–H and O–H groups in total. The number of carboxylic acids is 1. The van der Waals surface area contributed by atoms with Crippen LogP contribution in [0.5, 0.6) is 0 Å². The number of carbonyl (C=O) groups is 2. The summed E-state index contributed by atoms with van der Waals surface area (Å²) in [6.45, 7) is 1.93. The minimum Gasteiger partial charge on any atom is -0.481 e. The molecule has 0 aliphatic carbocycles. The second-order valence-corrected chi connectivity index (χ2v) is 3.79. The summed E-state index contributed by atoms with van der Waals surface area (Å²) in [5.41, 5.74) is 0.893. The van der Waals surface area contributed by atoms with Crippen molar-refractivity contribution in [2.45, 2.75) is 26.4 Å². The highest BCUT2D eigenvalue weighted by Gasteiger charge is 2.19. The Kier molecular flexibility index (Phi) is 5.20. The minimum absolute atomic E-state index is 0.0708. The number of esters is 1. The maximum absolute atomic E-state index is 11.4. The molecule has 0 fully saturated rings. The molecular weight excluding hydrogens is 220 g/mol. The van der Waals surface area contributed by atoms with Gasteiger partial charge < -0.3 is 9.84 Å². The lowest BCUT2D eigenvalue weighted by atomic mass is 10.0. The van der Waals surface area contributed by atoms with Gasteiger partial charge in [0, 0.05) is 0 Å². The van der Waals surface area contributed by atoms with Crippen molar-refractivity contribution < 1.29 is 19.4 Å². The van der Waals surface area contributed by atoms with E-state index >= 15 is 0 Å². The summed E-state index contributed by atoms with van der Waals surface area (Å²) in [6, 6.07) is 9.29. The van der Waals surface area contributed by atoms with Crippen molar-refractivity contribution in [2.24, 2.45) is 5.92 Å². The standard InChI is InChI=1S/C13H16O4/c1-2-11(13(15)16)8-12(14)17-9-10-6-4-3-5-7-10/h3-7,11H,2,8-9H2,1H3,(H,15,16)/t11-/m0/s1. The molecule has 1 atom stereocenters. The quantitative estimate of drug-likeness (QED) is 0.769. The molecule has 1 aromatic carbocycles. The number of carboxylic acid groups (broad SMARTS) is 1. The molecule has 17 heavy (non-hydrogen) atoms. The highest BCUT2D eigenvalue weighted by atomic mass is 16.5. The summed E-state index contributed by atoms with van der Waals surface area (Å²) < 4.78 is 5.01. The maximum Gasteiger partial charge on any atom is 0.307 e. The number of aliphatic carboxylic acids is 1. The predicted molar refractivity (Wildman–Crippen MR) is 62.3 cm³/mol. The fourth-order valence-electron chi connectivity index (χ4n) is 1.40. The lowest BCUT2D eigenvalue weighted by Crippen LogP contribution is -2.18. The molecule has 0 unspecified atom stereocenters. The van der Waals surface area contributed by atoms with Gasteiger partial charge in [-0.25, -0.2) is 0 Å². The molecule has 0 saturated carbocycles. The summed E-state index contributed by atoms with van der Waals surface area (Å²) in [7, 11) is 0. The molecule has 0 saturated heterocycles. The van der Waals surface area contributed by atoms with E-state index in [2.05, 4.69) is 0 Å². The van der Waals surface area contributed by atoms with Crippen LogP contribution in [0.15, 0.2) is 30.3 Å². The maximum atomic E-state index is 11.4. The average molecular weight is 236 g/mol. The Hall–Kier alpha value is -1.84. The van der Waals surface area contributed by atoms with Crippen LogP contribution in [0.2, 0.25) is 0 Å². The highest BCUT2D eigenvalue weighted by molar-refractivity contribution is 5.78. The molecule has 0 heterocycles. The monoisotopic (exact) mass is 236 g/mol. The summed E-state index contributed by atoms with van der Waals surface area (Å²) in [6.07, 6.45) is 0.356. The van der Waals surface area contributed by atoms with Gasteiger partial charge in [-0.3, -0.25) is 9.59 Å². The Balaban J connectivity index is 2.37. The van der Waals surface area contributed by atoms with Crippen molar-refractivity contribution in [2.75, 3.05) is 0 Å². The van der Waals surface area contributed by atoms with Crippen LogP contribution >= 0.6 is 0 Å². The van der Waals surface area contributed by atoms with E-state index in [0.717, 1.165) is 5.56 Å². The van der Waals surface area contributed by atoms with Gasteiger partial charge in [-0.1, -0.05) is 37.3 Å². The zero-order valence-electron chi connectivity index (χ0n) is 9.76. The number of rotatable bonds is 6. The van der Waals surface area contributed by atoms with Crippen molar-refractivity contribution >= 4 is 11.9 Å². The van der Waals surface area contributed by atoms with E-state index in [1.165, 1.54) is 0 Å². The number of carbonyl (C=O) groups excluding carboxylic acids is 1. The van der Waals surface area contributed by atoms with Crippen molar-refractivity contribution in [1.29, 1.82) is 0 Å². The lowest BCUT2D eigenvalue weighted by Gasteiger charge is -2.09. The first-order valence-electron chi connectivity index (χ1n) is 5.55. The van der Waals surface area contributed by atoms with Crippen LogP contribution in [0.4, 0.5) is 0 Å². The summed E-state index contributed by atoms with van der Waals surface area (Å²) in [4.78, 5) is 22.1.